The molecule has 1 aliphatic rings. The third-order valence-electron chi connectivity index (χ3n) is 3.67. The zero-order valence-electron chi connectivity index (χ0n) is 12.7. The fourth-order valence-electron chi connectivity index (χ4n) is 2.54. The van der Waals surface area contributed by atoms with Gasteiger partial charge in [0.05, 0.1) is 0 Å². The van der Waals surface area contributed by atoms with Crippen molar-refractivity contribution in [2.24, 2.45) is 0 Å². The second-order valence-corrected chi connectivity index (χ2v) is 5.62. The maximum atomic E-state index is 12.4. The van der Waals surface area contributed by atoms with Crippen LogP contribution in [0.1, 0.15) is 42.5 Å². The van der Waals surface area contributed by atoms with E-state index in [1.807, 2.05) is 0 Å². The van der Waals surface area contributed by atoms with Crippen LogP contribution in [-0.4, -0.2) is 36.0 Å². The zero-order chi connectivity index (χ0) is 16.9. The smallest absolute Gasteiger partial charge is 0.339 e. The first kappa shape index (κ1) is 17.3. The Hall–Kier alpha value is -2.05. The molecule has 0 atom stereocenters. The van der Waals surface area contributed by atoms with Crippen molar-refractivity contribution < 1.29 is 22.8 Å². The van der Waals surface area contributed by atoms with Crippen LogP contribution in [0.4, 0.5) is 18.9 Å². The third-order valence-corrected chi connectivity index (χ3v) is 3.67. The molecule has 0 bridgehead atoms. The standard InChI is InChI=1S/C16H19F3N2O2/c17-16(18,19)11-14(22)20-13-7-5-12(6-8-13)15(23)21-9-3-1-2-4-10-21/h5-8H,1-4,9-11H2,(H,20,22). The molecule has 1 heterocycles. The highest BCUT2D eigenvalue weighted by molar-refractivity contribution is 5.96. The Morgan fingerprint density at radius 1 is 1.00 bits per heavy atom. The van der Waals surface area contributed by atoms with E-state index in [9.17, 15) is 22.8 Å². The number of amides is 2. The van der Waals surface area contributed by atoms with Gasteiger partial charge in [0.15, 0.2) is 0 Å². The van der Waals surface area contributed by atoms with E-state index in [2.05, 4.69) is 5.32 Å². The van der Waals surface area contributed by atoms with Crippen LogP contribution >= 0.6 is 0 Å². The summed E-state index contributed by atoms with van der Waals surface area (Å²) in [4.78, 5) is 25.4. The molecule has 1 aromatic rings. The number of halogens is 3. The van der Waals surface area contributed by atoms with Crippen LogP contribution in [0.25, 0.3) is 0 Å². The van der Waals surface area contributed by atoms with Gasteiger partial charge in [-0.2, -0.15) is 13.2 Å². The number of hydrogen-bond acceptors (Lipinski definition) is 2. The van der Waals surface area contributed by atoms with Gasteiger partial charge in [-0.3, -0.25) is 9.59 Å². The molecular formula is C16H19F3N2O2. The maximum absolute atomic E-state index is 12.4. The molecule has 23 heavy (non-hydrogen) atoms. The van der Waals surface area contributed by atoms with Crippen LogP contribution in [0, 0.1) is 0 Å². The van der Waals surface area contributed by atoms with Crippen molar-refractivity contribution in [2.75, 3.05) is 18.4 Å². The topological polar surface area (TPSA) is 49.4 Å². The van der Waals surface area contributed by atoms with E-state index in [0.717, 1.165) is 38.8 Å². The lowest BCUT2D eigenvalue weighted by molar-refractivity contribution is -0.150. The normalized spacial score (nSPS) is 15.9. The van der Waals surface area contributed by atoms with Crippen molar-refractivity contribution in [1.29, 1.82) is 0 Å². The first-order valence-corrected chi connectivity index (χ1v) is 7.61. The molecule has 0 spiro atoms. The maximum Gasteiger partial charge on any atom is 0.397 e. The summed E-state index contributed by atoms with van der Waals surface area (Å²) < 4.78 is 36.3. The lowest BCUT2D eigenvalue weighted by Crippen LogP contribution is -2.31. The lowest BCUT2D eigenvalue weighted by Gasteiger charge is -2.20. The summed E-state index contributed by atoms with van der Waals surface area (Å²) in [5.41, 5.74) is 0.715. The van der Waals surface area contributed by atoms with Crippen molar-refractivity contribution in [2.45, 2.75) is 38.3 Å². The van der Waals surface area contributed by atoms with Gasteiger partial charge in [-0.05, 0) is 37.1 Å². The molecule has 1 saturated heterocycles. The average molecular weight is 328 g/mol. The molecule has 2 rings (SSSR count). The van der Waals surface area contributed by atoms with E-state index in [1.165, 1.54) is 24.3 Å². The number of nitrogens with zero attached hydrogens (tertiary/aromatic N) is 1. The largest absolute Gasteiger partial charge is 0.397 e. The van der Waals surface area contributed by atoms with Crippen molar-refractivity contribution in [3.05, 3.63) is 29.8 Å². The molecule has 0 saturated carbocycles. The van der Waals surface area contributed by atoms with Crippen molar-refractivity contribution in [3.8, 4) is 0 Å². The summed E-state index contributed by atoms with van der Waals surface area (Å²) in [7, 11) is 0. The highest BCUT2D eigenvalue weighted by Gasteiger charge is 2.31. The number of alkyl halides is 3. The Kier molecular flexibility index (Phi) is 5.63. The fraction of sp³-hybridized carbons (Fsp3) is 0.500. The highest BCUT2D eigenvalue weighted by Crippen LogP contribution is 2.21. The lowest BCUT2D eigenvalue weighted by atomic mass is 10.1. The van der Waals surface area contributed by atoms with E-state index in [4.69, 9.17) is 0 Å². The SMILES string of the molecule is O=C(CC(F)(F)F)Nc1ccc(C(=O)N2CCCCCC2)cc1. The van der Waals surface area contributed by atoms with Gasteiger partial charge >= 0.3 is 6.18 Å². The van der Waals surface area contributed by atoms with Gasteiger partial charge in [0.25, 0.3) is 5.91 Å². The Bertz CT molecular complexity index is 547. The Labute approximate surface area is 132 Å². The number of carbonyl (C=O) groups excluding carboxylic acids is 2. The van der Waals surface area contributed by atoms with E-state index in [-0.39, 0.29) is 11.6 Å². The molecular weight excluding hydrogens is 309 g/mol. The summed E-state index contributed by atoms with van der Waals surface area (Å²) in [5, 5.41) is 2.17. The Morgan fingerprint density at radius 2 is 1.57 bits per heavy atom. The van der Waals surface area contributed by atoms with Gasteiger partial charge < -0.3 is 10.2 Å². The molecule has 0 radical (unpaired) electrons. The van der Waals surface area contributed by atoms with Crippen LogP contribution < -0.4 is 5.32 Å². The quantitative estimate of drug-likeness (QED) is 0.922. The van der Waals surface area contributed by atoms with Gasteiger partial charge in [0.2, 0.25) is 5.91 Å². The van der Waals surface area contributed by atoms with Crippen LogP contribution in [0.15, 0.2) is 24.3 Å². The number of hydrogen-bond donors (Lipinski definition) is 1. The fourth-order valence-corrected chi connectivity index (χ4v) is 2.54. The van der Waals surface area contributed by atoms with Crippen LogP contribution in [0.3, 0.4) is 0 Å². The molecule has 1 aliphatic heterocycles. The molecule has 0 unspecified atom stereocenters. The second-order valence-electron chi connectivity index (χ2n) is 5.62. The zero-order valence-corrected chi connectivity index (χ0v) is 12.7. The number of anilines is 1. The molecule has 7 heteroatoms. The van der Waals surface area contributed by atoms with E-state index >= 15 is 0 Å². The number of nitrogens with one attached hydrogen (secondary N) is 1. The molecule has 1 fully saturated rings. The molecule has 4 nitrogen and oxygen atoms in total. The van der Waals surface area contributed by atoms with E-state index in [0.29, 0.717) is 5.56 Å². The summed E-state index contributed by atoms with van der Waals surface area (Å²) in [5.74, 6) is -1.20. The van der Waals surface area contributed by atoms with Crippen molar-refractivity contribution in [3.63, 3.8) is 0 Å². The van der Waals surface area contributed by atoms with E-state index < -0.39 is 18.5 Å². The first-order chi connectivity index (χ1) is 10.8. The van der Waals surface area contributed by atoms with Crippen LogP contribution in [-0.2, 0) is 4.79 Å². The minimum atomic E-state index is -4.53. The molecule has 0 aliphatic carbocycles. The third kappa shape index (κ3) is 5.58. The van der Waals surface area contributed by atoms with Crippen LogP contribution in [0.2, 0.25) is 0 Å². The minimum absolute atomic E-state index is 0.0833. The number of benzene rings is 1. The van der Waals surface area contributed by atoms with Gasteiger partial charge in [-0.1, -0.05) is 12.8 Å². The van der Waals surface area contributed by atoms with E-state index in [1.54, 1.807) is 4.90 Å². The van der Waals surface area contributed by atoms with Gasteiger partial charge in [-0.25, -0.2) is 0 Å². The number of likely N-dealkylation sites (tertiary alicyclic amines) is 1. The molecule has 126 valence electrons. The molecule has 1 aromatic carbocycles. The predicted octanol–water partition coefficient (Wildman–Crippen LogP) is 3.59. The molecule has 2 amide bonds. The molecule has 0 aromatic heterocycles. The Balaban J connectivity index is 1.96. The minimum Gasteiger partial charge on any atom is -0.339 e. The van der Waals surface area contributed by atoms with Crippen molar-refractivity contribution >= 4 is 17.5 Å². The molecule has 1 N–H and O–H groups in total. The summed E-state index contributed by atoms with van der Waals surface area (Å²) in [6.07, 6.45) is -1.86. The summed E-state index contributed by atoms with van der Waals surface area (Å²) in [6, 6.07) is 5.94. The number of carbonyl (C=O) groups is 2. The Morgan fingerprint density at radius 3 is 2.09 bits per heavy atom. The summed E-state index contributed by atoms with van der Waals surface area (Å²) >= 11 is 0. The second kappa shape index (κ2) is 7.48. The first-order valence-electron chi connectivity index (χ1n) is 7.61. The highest BCUT2D eigenvalue weighted by atomic mass is 19.4. The van der Waals surface area contributed by atoms with Gasteiger partial charge in [0, 0.05) is 24.3 Å². The number of rotatable bonds is 3. The monoisotopic (exact) mass is 328 g/mol. The van der Waals surface area contributed by atoms with Crippen LogP contribution in [0.5, 0.6) is 0 Å². The van der Waals surface area contributed by atoms with Gasteiger partial charge in [-0.15, -0.1) is 0 Å². The van der Waals surface area contributed by atoms with Crippen molar-refractivity contribution in [1.82, 2.24) is 4.90 Å². The average Bonchev–Trinajstić information content (AvgIpc) is 2.74. The van der Waals surface area contributed by atoms with Gasteiger partial charge in [0.1, 0.15) is 6.42 Å². The predicted molar refractivity (Wildman–Crippen MR) is 80.1 cm³/mol. The summed E-state index contributed by atoms with van der Waals surface area (Å²) in [6.45, 7) is 1.45.